The average Bonchev–Trinajstić information content (AvgIpc) is 3.18. The van der Waals surface area contributed by atoms with Gasteiger partial charge in [0.2, 0.25) is 0 Å². The molecule has 3 aromatic heterocycles. The first-order valence-electron chi connectivity index (χ1n) is 7.92. The second kappa shape index (κ2) is 7.06. The second-order valence-corrected chi connectivity index (χ2v) is 7.13. The van der Waals surface area contributed by atoms with Crippen LogP contribution in [0, 0.1) is 5.92 Å². The van der Waals surface area contributed by atoms with Crippen molar-refractivity contribution < 1.29 is 4.79 Å². The molecule has 0 bridgehead atoms. The molecule has 3 heterocycles. The molecule has 1 N–H and O–H groups in total. The lowest BCUT2D eigenvalue weighted by atomic mass is 10.2. The Hall–Kier alpha value is -2.68. The van der Waals surface area contributed by atoms with Crippen molar-refractivity contribution in [2.75, 3.05) is 11.9 Å². The van der Waals surface area contributed by atoms with E-state index >= 15 is 0 Å². The Labute approximate surface area is 148 Å². The van der Waals surface area contributed by atoms with Gasteiger partial charge in [-0.3, -0.25) is 13.9 Å². The highest BCUT2D eigenvalue weighted by molar-refractivity contribution is 7.15. The zero-order valence-electron chi connectivity index (χ0n) is 14.3. The molecular weight excluding hydrogens is 340 g/mol. The molecule has 3 aromatic rings. The first-order valence-corrected chi connectivity index (χ1v) is 8.80. The van der Waals surface area contributed by atoms with E-state index in [9.17, 15) is 9.59 Å². The SMILES string of the molecule is CC(C)CN(Cc1cnn(C)c1)C(=O)Nc1cnc2sccn2c1=O. The fourth-order valence-electron chi connectivity index (χ4n) is 2.54. The minimum absolute atomic E-state index is 0.167. The molecule has 0 saturated carbocycles. The van der Waals surface area contributed by atoms with Crippen LogP contribution < -0.4 is 10.9 Å². The van der Waals surface area contributed by atoms with Crippen LogP contribution in [-0.4, -0.2) is 36.6 Å². The van der Waals surface area contributed by atoms with Crippen LogP contribution in [0.5, 0.6) is 0 Å². The molecule has 0 fully saturated rings. The minimum atomic E-state index is -0.327. The van der Waals surface area contributed by atoms with E-state index in [1.54, 1.807) is 27.4 Å². The first-order chi connectivity index (χ1) is 11.9. The van der Waals surface area contributed by atoms with E-state index in [-0.39, 0.29) is 17.3 Å². The fourth-order valence-corrected chi connectivity index (χ4v) is 3.21. The molecule has 3 rings (SSSR count). The molecule has 2 amide bonds. The first kappa shape index (κ1) is 17.2. The van der Waals surface area contributed by atoms with Crippen molar-refractivity contribution in [3.05, 3.63) is 46.1 Å². The maximum atomic E-state index is 12.7. The lowest BCUT2D eigenvalue weighted by Gasteiger charge is -2.24. The maximum Gasteiger partial charge on any atom is 0.322 e. The highest BCUT2D eigenvalue weighted by Crippen LogP contribution is 2.11. The van der Waals surface area contributed by atoms with E-state index in [0.29, 0.717) is 24.0 Å². The van der Waals surface area contributed by atoms with Crippen molar-refractivity contribution >= 4 is 28.0 Å². The summed E-state index contributed by atoms with van der Waals surface area (Å²) in [6.45, 7) is 5.07. The Kier molecular flexibility index (Phi) is 4.84. The number of aryl methyl sites for hydroxylation is 1. The number of urea groups is 1. The Bertz CT molecular complexity index is 941. The van der Waals surface area contributed by atoms with E-state index in [0.717, 1.165) is 5.56 Å². The van der Waals surface area contributed by atoms with Crippen LogP contribution in [0.4, 0.5) is 10.5 Å². The van der Waals surface area contributed by atoms with Crippen molar-refractivity contribution in [3.63, 3.8) is 0 Å². The van der Waals surface area contributed by atoms with Gasteiger partial charge in [0.1, 0.15) is 5.69 Å². The summed E-state index contributed by atoms with van der Waals surface area (Å²) in [5.74, 6) is 0.293. The molecule has 25 heavy (non-hydrogen) atoms. The lowest BCUT2D eigenvalue weighted by Crippen LogP contribution is -2.38. The summed E-state index contributed by atoms with van der Waals surface area (Å²) < 4.78 is 3.12. The molecule has 0 atom stereocenters. The van der Waals surface area contributed by atoms with E-state index in [4.69, 9.17) is 0 Å². The topological polar surface area (TPSA) is 84.5 Å². The number of carbonyl (C=O) groups excluding carboxylic acids is 1. The van der Waals surface area contributed by atoms with Crippen molar-refractivity contribution in [2.24, 2.45) is 13.0 Å². The molecule has 0 aromatic carbocycles. The van der Waals surface area contributed by atoms with Gasteiger partial charge in [-0.25, -0.2) is 9.78 Å². The summed E-state index contributed by atoms with van der Waals surface area (Å²) in [5, 5.41) is 8.60. The smallest absolute Gasteiger partial charge is 0.320 e. The number of carbonyl (C=O) groups is 1. The Morgan fingerprint density at radius 3 is 2.88 bits per heavy atom. The van der Waals surface area contributed by atoms with Crippen LogP contribution in [-0.2, 0) is 13.6 Å². The van der Waals surface area contributed by atoms with Gasteiger partial charge in [0.05, 0.1) is 18.9 Å². The van der Waals surface area contributed by atoms with Gasteiger partial charge in [-0.15, -0.1) is 11.3 Å². The zero-order chi connectivity index (χ0) is 18.0. The quantitative estimate of drug-likeness (QED) is 0.756. The van der Waals surface area contributed by atoms with Crippen LogP contribution in [0.1, 0.15) is 19.4 Å². The highest BCUT2D eigenvalue weighted by Gasteiger charge is 2.18. The predicted molar refractivity (Wildman–Crippen MR) is 96.8 cm³/mol. The van der Waals surface area contributed by atoms with Crippen molar-refractivity contribution in [2.45, 2.75) is 20.4 Å². The molecule has 8 nitrogen and oxygen atoms in total. The van der Waals surface area contributed by atoms with Crippen molar-refractivity contribution in [3.8, 4) is 0 Å². The number of hydrogen-bond donors (Lipinski definition) is 1. The van der Waals surface area contributed by atoms with Crippen molar-refractivity contribution in [1.82, 2.24) is 24.1 Å². The number of anilines is 1. The Morgan fingerprint density at radius 1 is 1.40 bits per heavy atom. The number of fused-ring (bicyclic) bond motifs is 1. The molecule has 0 aliphatic heterocycles. The monoisotopic (exact) mass is 360 g/mol. The molecule has 132 valence electrons. The standard InChI is InChI=1S/C16H20N6O2S/c1-11(2)8-21(10-12-6-18-20(3)9-12)15(24)19-13-7-17-16-22(14(13)23)4-5-25-16/h4-7,9,11H,8,10H2,1-3H3,(H,19,24). The summed E-state index contributed by atoms with van der Waals surface area (Å²) >= 11 is 1.37. The zero-order valence-corrected chi connectivity index (χ0v) is 15.2. The van der Waals surface area contributed by atoms with Gasteiger partial charge < -0.3 is 10.2 Å². The summed E-state index contributed by atoms with van der Waals surface area (Å²) in [5.41, 5.74) is 0.813. The normalized spacial score (nSPS) is 11.2. The molecule has 0 radical (unpaired) electrons. The molecule has 0 spiro atoms. The minimum Gasteiger partial charge on any atom is -0.320 e. The van der Waals surface area contributed by atoms with Crippen LogP contribution in [0.15, 0.2) is 35.0 Å². The highest BCUT2D eigenvalue weighted by atomic mass is 32.1. The lowest BCUT2D eigenvalue weighted by molar-refractivity contribution is 0.201. The number of amides is 2. The molecule has 0 unspecified atom stereocenters. The number of nitrogens with one attached hydrogen (secondary N) is 1. The summed E-state index contributed by atoms with van der Waals surface area (Å²) in [7, 11) is 1.83. The van der Waals surface area contributed by atoms with E-state index in [1.807, 2.05) is 27.1 Å². The summed E-state index contributed by atoms with van der Waals surface area (Å²) in [4.78, 5) is 31.6. The Balaban J connectivity index is 1.81. The van der Waals surface area contributed by atoms with E-state index < -0.39 is 0 Å². The van der Waals surface area contributed by atoms with Crippen LogP contribution in [0.2, 0.25) is 0 Å². The largest absolute Gasteiger partial charge is 0.322 e. The van der Waals surface area contributed by atoms with Crippen LogP contribution in [0.3, 0.4) is 0 Å². The van der Waals surface area contributed by atoms with E-state index in [1.165, 1.54) is 21.9 Å². The number of hydrogen-bond acceptors (Lipinski definition) is 5. The van der Waals surface area contributed by atoms with Crippen molar-refractivity contribution in [1.29, 1.82) is 0 Å². The molecule has 0 aliphatic carbocycles. The van der Waals surface area contributed by atoms with Gasteiger partial charge in [-0.2, -0.15) is 5.10 Å². The third kappa shape index (κ3) is 3.87. The number of aromatic nitrogens is 4. The molecule has 0 saturated heterocycles. The van der Waals surface area contributed by atoms with Gasteiger partial charge >= 0.3 is 6.03 Å². The number of thiazole rings is 1. The van der Waals surface area contributed by atoms with Gasteiger partial charge in [0.15, 0.2) is 4.96 Å². The van der Waals surface area contributed by atoms with Gasteiger partial charge in [-0.1, -0.05) is 13.8 Å². The van der Waals surface area contributed by atoms with Gasteiger partial charge in [-0.05, 0) is 5.92 Å². The summed E-state index contributed by atoms with van der Waals surface area (Å²) in [6, 6.07) is -0.327. The third-order valence-corrected chi connectivity index (χ3v) is 4.36. The van der Waals surface area contributed by atoms with Gasteiger partial charge in [0, 0.05) is 36.9 Å². The summed E-state index contributed by atoms with van der Waals surface area (Å²) in [6.07, 6.45) is 6.65. The number of nitrogens with zero attached hydrogens (tertiary/aromatic N) is 5. The number of rotatable bonds is 5. The van der Waals surface area contributed by atoms with E-state index in [2.05, 4.69) is 15.4 Å². The third-order valence-electron chi connectivity index (χ3n) is 3.59. The fraction of sp³-hybridized carbons (Fsp3) is 0.375. The second-order valence-electron chi connectivity index (χ2n) is 6.26. The van der Waals surface area contributed by atoms with Crippen LogP contribution >= 0.6 is 11.3 Å². The molecule has 0 aliphatic rings. The molecular formula is C16H20N6O2S. The average molecular weight is 360 g/mol. The van der Waals surface area contributed by atoms with Crippen LogP contribution in [0.25, 0.3) is 4.96 Å². The predicted octanol–water partition coefficient (Wildman–Crippen LogP) is 2.18. The Morgan fingerprint density at radius 2 is 2.20 bits per heavy atom. The molecule has 9 heteroatoms. The maximum absolute atomic E-state index is 12.7. The van der Waals surface area contributed by atoms with Gasteiger partial charge in [0.25, 0.3) is 5.56 Å².